The minimum atomic E-state index is -0.0728. The van der Waals surface area contributed by atoms with Gasteiger partial charge in [0.25, 0.3) is 0 Å². The van der Waals surface area contributed by atoms with E-state index >= 15 is 0 Å². The minimum absolute atomic E-state index is 0.0728. The third kappa shape index (κ3) is 3.09. The predicted octanol–water partition coefficient (Wildman–Crippen LogP) is 2.97. The van der Waals surface area contributed by atoms with E-state index in [2.05, 4.69) is 32.7 Å². The molecule has 2 fully saturated rings. The van der Waals surface area contributed by atoms with Gasteiger partial charge in [0.15, 0.2) is 0 Å². The van der Waals surface area contributed by atoms with Gasteiger partial charge in [-0.05, 0) is 38.1 Å². The van der Waals surface area contributed by atoms with Crippen molar-refractivity contribution in [3.05, 3.63) is 0 Å². The van der Waals surface area contributed by atoms with E-state index in [-0.39, 0.29) is 11.3 Å². The summed E-state index contributed by atoms with van der Waals surface area (Å²) in [7, 11) is 2.18. The average molecular weight is 237 g/mol. The zero-order valence-electron chi connectivity index (χ0n) is 11.8. The van der Waals surface area contributed by atoms with Crippen LogP contribution in [-0.2, 0) is 4.79 Å². The van der Waals surface area contributed by atoms with Gasteiger partial charge in [-0.15, -0.1) is 0 Å². The van der Waals surface area contributed by atoms with Crippen molar-refractivity contribution in [1.29, 1.82) is 0 Å². The maximum atomic E-state index is 12.3. The van der Waals surface area contributed by atoms with Crippen LogP contribution in [0.1, 0.15) is 46.5 Å². The first kappa shape index (κ1) is 13.1. The number of rotatable bonds is 4. The molecule has 0 aliphatic heterocycles. The standard InChI is InChI=1S/C15H27NO/c1-11-8-13(11)10-16(4)9-12-6-5-7-15(2,3)14(12)17/h11-13H,5-10H2,1-4H3. The number of carbonyl (C=O) groups excluding carboxylic acids is 1. The Hall–Kier alpha value is -0.370. The molecule has 98 valence electrons. The first-order valence-corrected chi connectivity index (χ1v) is 7.13. The first-order valence-electron chi connectivity index (χ1n) is 7.13. The number of Topliss-reactive ketones (excluding diaryl/α,β-unsaturated/α-hetero) is 1. The molecule has 2 heteroatoms. The Bertz CT molecular complexity index is 297. The largest absolute Gasteiger partial charge is 0.305 e. The molecule has 0 spiro atoms. The van der Waals surface area contributed by atoms with Crippen LogP contribution in [0.2, 0.25) is 0 Å². The van der Waals surface area contributed by atoms with Crippen molar-refractivity contribution >= 4 is 5.78 Å². The number of nitrogens with zero attached hydrogens (tertiary/aromatic N) is 1. The highest BCUT2D eigenvalue weighted by atomic mass is 16.1. The van der Waals surface area contributed by atoms with E-state index in [0.29, 0.717) is 5.78 Å². The summed E-state index contributed by atoms with van der Waals surface area (Å²) in [6.07, 6.45) is 4.78. The van der Waals surface area contributed by atoms with Crippen LogP contribution in [0.3, 0.4) is 0 Å². The summed E-state index contributed by atoms with van der Waals surface area (Å²) in [5.74, 6) is 2.60. The lowest BCUT2D eigenvalue weighted by molar-refractivity contribution is -0.134. The van der Waals surface area contributed by atoms with E-state index in [1.807, 2.05) is 0 Å². The fourth-order valence-electron chi connectivity index (χ4n) is 3.28. The molecular formula is C15H27NO. The van der Waals surface area contributed by atoms with Gasteiger partial charge >= 0.3 is 0 Å². The summed E-state index contributed by atoms with van der Waals surface area (Å²) in [4.78, 5) is 14.7. The Balaban J connectivity index is 1.83. The Morgan fingerprint density at radius 3 is 2.59 bits per heavy atom. The zero-order chi connectivity index (χ0) is 12.6. The lowest BCUT2D eigenvalue weighted by Crippen LogP contribution is -2.41. The molecule has 2 aliphatic carbocycles. The number of hydrogen-bond donors (Lipinski definition) is 0. The van der Waals surface area contributed by atoms with Crippen LogP contribution in [0.25, 0.3) is 0 Å². The minimum Gasteiger partial charge on any atom is -0.305 e. The van der Waals surface area contributed by atoms with E-state index in [0.717, 1.165) is 31.2 Å². The Morgan fingerprint density at radius 2 is 2.00 bits per heavy atom. The third-order valence-electron chi connectivity index (χ3n) is 4.75. The summed E-state index contributed by atoms with van der Waals surface area (Å²) in [5.41, 5.74) is -0.0728. The number of ketones is 1. The summed E-state index contributed by atoms with van der Waals surface area (Å²) >= 11 is 0. The van der Waals surface area contributed by atoms with Crippen molar-refractivity contribution < 1.29 is 4.79 Å². The van der Waals surface area contributed by atoms with Gasteiger partial charge in [-0.25, -0.2) is 0 Å². The summed E-state index contributed by atoms with van der Waals surface area (Å²) in [6.45, 7) is 8.72. The molecule has 0 aromatic carbocycles. The van der Waals surface area contributed by atoms with Gasteiger partial charge in [0, 0.05) is 24.4 Å². The zero-order valence-corrected chi connectivity index (χ0v) is 11.8. The van der Waals surface area contributed by atoms with Crippen LogP contribution in [-0.4, -0.2) is 30.8 Å². The van der Waals surface area contributed by atoms with Gasteiger partial charge in [-0.1, -0.05) is 27.2 Å². The Labute approximate surface area is 106 Å². The van der Waals surface area contributed by atoms with Crippen molar-refractivity contribution in [3.8, 4) is 0 Å². The molecule has 17 heavy (non-hydrogen) atoms. The molecule has 2 rings (SSSR count). The van der Waals surface area contributed by atoms with Crippen molar-refractivity contribution in [2.45, 2.75) is 46.5 Å². The van der Waals surface area contributed by atoms with Gasteiger partial charge < -0.3 is 4.90 Å². The molecule has 0 amide bonds. The smallest absolute Gasteiger partial charge is 0.142 e. The predicted molar refractivity (Wildman–Crippen MR) is 70.9 cm³/mol. The molecule has 3 atom stereocenters. The molecular weight excluding hydrogens is 210 g/mol. The molecule has 2 saturated carbocycles. The van der Waals surface area contributed by atoms with E-state index in [1.54, 1.807) is 0 Å². The van der Waals surface area contributed by atoms with Gasteiger partial charge in [0.1, 0.15) is 5.78 Å². The maximum absolute atomic E-state index is 12.3. The number of carbonyl (C=O) groups is 1. The summed E-state index contributed by atoms with van der Waals surface area (Å²) in [5, 5.41) is 0. The molecule has 2 nitrogen and oxygen atoms in total. The molecule has 0 heterocycles. The van der Waals surface area contributed by atoms with Crippen LogP contribution in [0.15, 0.2) is 0 Å². The topological polar surface area (TPSA) is 20.3 Å². The quantitative estimate of drug-likeness (QED) is 0.749. The second-order valence-electron chi connectivity index (χ2n) is 7.03. The van der Waals surface area contributed by atoms with Gasteiger partial charge in [0.2, 0.25) is 0 Å². The van der Waals surface area contributed by atoms with Crippen LogP contribution in [0, 0.1) is 23.2 Å². The van der Waals surface area contributed by atoms with Gasteiger partial charge in [0.05, 0.1) is 0 Å². The molecule has 3 unspecified atom stereocenters. The van der Waals surface area contributed by atoms with Crippen molar-refractivity contribution in [1.82, 2.24) is 4.90 Å². The van der Waals surface area contributed by atoms with Crippen LogP contribution in [0.4, 0.5) is 0 Å². The first-order chi connectivity index (χ1) is 7.90. The van der Waals surface area contributed by atoms with Crippen LogP contribution in [0.5, 0.6) is 0 Å². The molecule has 2 aliphatic rings. The SMILES string of the molecule is CC1CC1CN(C)CC1CCCC(C)(C)C1=O. The lowest BCUT2D eigenvalue weighted by Gasteiger charge is -2.35. The fraction of sp³-hybridized carbons (Fsp3) is 0.933. The summed E-state index contributed by atoms with van der Waals surface area (Å²) in [6, 6.07) is 0. The molecule has 0 saturated heterocycles. The Morgan fingerprint density at radius 1 is 1.35 bits per heavy atom. The second kappa shape index (κ2) is 4.72. The maximum Gasteiger partial charge on any atom is 0.142 e. The number of hydrogen-bond acceptors (Lipinski definition) is 2. The monoisotopic (exact) mass is 237 g/mol. The lowest BCUT2D eigenvalue weighted by atomic mass is 9.71. The van der Waals surface area contributed by atoms with E-state index in [9.17, 15) is 4.79 Å². The summed E-state index contributed by atoms with van der Waals surface area (Å²) < 4.78 is 0. The van der Waals surface area contributed by atoms with Crippen LogP contribution < -0.4 is 0 Å². The highest BCUT2D eigenvalue weighted by Crippen LogP contribution is 2.39. The Kier molecular flexibility index (Phi) is 3.63. The normalized spacial score (nSPS) is 36.3. The van der Waals surface area contributed by atoms with Crippen LogP contribution >= 0.6 is 0 Å². The van der Waals surface area contributed by atoms with Crippen molar-refractivity contribution in [2.24, 2.45) is 23.2 Å². The average Bonchev–Trinajstić information content (AvgIpc) is 2.89. The second-order valence-corrected chi connectivity index (χ2v) is 7.03. The third-order valence-corrected chi connectivity index (χ3v) is 4.75. The molecule has 0 aromatic heterocycles. The van der Waals surface area contributed by atoms with Gasteiger partial charge in [-0.3, -0.25) is 4.79 Å². The highest BCUT2D eigenvalue weighted by Gasteiger charge is 2.38. The van der Waals surface area contributed by atoms with Gasteiger partial charge in [-0.2, -0.15) is 0 Å². The molecule has 0 N–H and O–H groups in total. The molecule has 0 aromatic rings. The fourth-order valence-corrected chi connectivity index (χ4v) is 3.28. The van der Waals surface area contributed by atoms with E-state index in [4.69, 9.17) is 0 Å². The van der Waals surface area contributed by atoms with Crippen molar-refractivity contribution in [3.63, 3.8) is 0 Å². The van der Waals surface area contributed by atoms with Crippen molar-refractivity contribution in [2.75, 3.05) is 20.1 Å². The van der Waals surface area contributed by atoms with E-state index in [1.165, 1.54) is 19.4 Å². The molecule has 0 bridgehead atoms. The molecule has 0 radical (unpaired) electrons. The van der Waals surface area contributed by atoms with E-state index < -0.39 is 0 Å². The highest BCUT2D eigenvalue weighted by molar-refractivity contribution is 5.87.